The first-order valence-corrected chi connectivity index (χ1v) is 10.9. The van der Waals surface area contributed by atoms with E-state index in [2.05, 4.69) is 26.1 Å². The van der Waals surface area contributed by atoms with Crippen LogP contribution in [0.4, 0.5) is 0 Å². The number of rotatable bonds is 3. The highest BCUT2D eigenvalue weighted by molar-refractivity contribution is 5.13. The minimum absolute atomic E-state index is 0.150. The monoisotopic (exact) mass is 349 g/mol. The van der Waals surface area contributed by atoms with Gasteiger partial charge in [0.25, 0.3) is 0 Å². The fraction of sp³-hybridized carbons (Fsp3) is 1.00. The van der Waals surface area contributed by atoms with Crippen molar-refractivity contribution in [3.63, 3.8) is 0 Å². The first kappa shape index (κ1) is 18.3. The van der Waals surface area contributed by atoms with Crippen molar-refractivity contribution in [1.29, 1.82) is 0 Å². The van der Waals surface area contributed by atoms with Crippen molar-refractivity contribution in [1.82, 2.24) is 5.32 Å². The molecule has 0 radical (unpaired) electrons. The van der Waals surface area contributed by atoms with Crippen LogP contribution in [0.15, 0.2) is 0 Å². The van der Waals surface area contributed by atoms with E-state index in [9.17, 15) is 5.11 Å². The third kappa shape index (κ3) is 2.63. The van der Waals surface area contributed by atoms with Crippen LogP contribution in [0.25, 0.3) is 0 Å². The van der Waals surface area contributed by atoms with Crippen molar-refractivity contribution in [3.8, 4) is 0 Å². The molecule has 4 aliphatic rings. The van der Waals surface area contributed by atoms with E-state index in [1.807, 2.05) is 0 Å². The second-order valence-corrected chi connectivity index (χ2v) is 10.6. The summed E-state index contributed by atoms with van der Waals surface area (Å²) in [7, 11) is 0. The summed E-state index contributed by atoms with van der Waals surface area (Å²) in [5, 5.41) is 23.7. The second-order valence-electron chi connectivity index (χ2n) is 10.6. The molecule has 0 aromatic heterocycles. The van der Waals surface area contributed by atoms with E-state index in [4.69, 9.17) is 5.11 Å². The van der Waals surface area contributed by atoms with Crippen LogP contribution < -0.4 is 5.32 Å². The minimum Gasteiger partial charge on any atom is -0.395 e. The fourth-order valence-electron chi connectivity index (χ4n) is 7.96. The summed E-state index contributed by atoms with van der Waals surface area (Å²) in [6, 6.07) is 0.614. The standard InChI is InChI=1S/C22H39NO2/c1-20-9-6-16(23-12-13-24)14-15(20)4-5-17-18(20)7-10-21(2)19(17)8-11-22(21,3)25/h15-19,23-25H,4-14H2,1-3H3/t15?,16?,17-,18+,19+,20+,21+,22+/m1/s1. The van der Waals surface area contributed by atoms with E-state index in [-0.39, 0.29) is 12.0 Å². The molecule has 0 spiro atoms. The van der Waals surface area contributed by atoms with Gasteiger partial charge in [0.2, 0.25) is 0 Å². The molecule has 0 amide bonds. The SMILES string of the molecule is C[C@]12CCC(NCCO)CC1CC[C@@H]1[C@@H]2CC[C@@]2(C)[C@H]1CC[C@]2(C)O. The van der Waals surface area contributed by atoms with Gasteiger partial charge in [-0.25, -0.2) is 0 Å². The number of hydrogen-bond donors (Lipinski definition) is 3. The molecular weight excluding hydrogens is 310 g/mol. The van der Waals surface area contributed by atoms with Crippen LogP contribution in [0.5, 0.6) is 0 Å². The summed E-state index contributed by atoms with van der Waals surface area (Å²) >= 11 is 0. The van der Waals surface area contributed by atoms with Crippen molar-refractivity contribution in [3.05, 3.63) is 0 Å². The summed E-state index contributed by atoms with van der Waals surface area (Å²) < 4.78 is 0. The predicted octanol–water partition coefficient (Wildman–Crippen LogP) is 3.73. The van der Waals surface area contributed by atoms with Crippen LogP contribution in [-0.4, -0.2) is 35.0 Å². The van der Waals surface area contributed by atoms with Crippen LogP contribution >= 0.6 is 0 Å². The van der Waals surface area contributed by atoms with E-state index < -0.39 is 5.60 Å². The molecule has 0 aromatic rings. The Morgan fingerprint density at radius 2 is 1.68 bits per heavy atom. The van der Waals surface area contributed by atoms with Gasteiger partial charge in [-0.05, 0) is 99.2 Å². The Kier molecular flexibility index (Phi) is 4.53. The maximum atomic E-state index is 11.0. The molecule has 0 heterocycles. The van der Waals surface area contributed by atoms with E-state index in [0.717, 1.165) is 36.6 Å². The van der Waals surface area contributed by atoms with Crippen LogP contribution in [-0.2, 0) is 0 Å². The minimum atomic E-state index is -0.452. The molecule has 0 bridgehead atoms. The Labute approximate surface area is 154 Å². The smallest absolute Gasteiger partial charge is 0.0675 e. The Hall–Kier alpha value is -0.120. The lowest BCUT2D eigenvalue weighted by Gasteiger charge is -2.61. The molecule has 0 aromatic carbocycles. The van der Waals surface area contributed by atoms with Gasteiger partial charge < -0.3 is 15.5 Å². The molecule has 144 valence electrons. The lowest BCUT2D eigenvalue weighted by Crippen LogP contribution is -2.57. The van der Waals surface area contributed by atoms with Gasteiger partial charge in [0, 0.05) is 12.6 Å². The molecule has 2 unspecified atom stereocenters. The van der Waals surface area contributed by atoms with Crippen molar-refractivity contribution < 1.29 is 10.2 Å². The summed E-state index contributed by atoms with van der Waals surface area (Å²) in [6.07, 6.45) is 11.5. The van der Waals surface area contributed by atoms with Gasteiger partial charge in [-0.3, -0.25) is 0 Å². The maximum Gasteiger partial charge on any atom is 0.0675 e. The number of aliphatic hydroxyl groups excluding tert-OH is 1. The molecule has 4 rings (SSSR count). The average Bonchev–Trinajstić information content (AvgIpc) is 2.82. The summed E-state index contributed by atoms with van der Waals surface area (Å²) in [5.74, 6) is 3.31. The number of aliphatic hydroxyl groups is 2. The van der Waals surface area contributed by atoms with Gasteiger partial charge in [-0.1, -0.05) is 13.8 Å². The van der Waals surface area contributed by atoms with E-state index in [1.54, 1.807) is 0 Å². The molecule has 4 fully saturated rings. The molecular formula is C22H39NO2. The third-order valence-electron chi connectivity index (χ3n) is 9.77. The van der Waals surface area contributed by atoms with Crippen molar-refractivity contribution in [2.75, 3.05) is 13.2 Å². The topological polar surface area (TPSA) is 52.5 Å². The molecule has 0 saturated heterocycles. The lowest BCUT2D eigenvalue weighted by atomic mass is 9.44. The van der Waals surface area contributed by atoms with Crippen LogP contribution in [0.3, 0.4) is 0 Å². The van der Waals surface area contributed by atoms with Crippen molar-refractivity contribution in [2.45, 2.75) is 90.2 Å². The average molecular weight is 350 g/mol. The zero-order chi connectivity index (χ0) is 17.9. The fourth-order valence-corrected chi connectivity index (χ4v) is 7.96. The van der Waals surface area contributed by atoms with Gasteiger partial charge in [0.1, 0.15) is 0 Å². The Bertz CT molecular complexity index is 506. The number of nitrogens with one attached hydrogen (secondary N) is 1. The largest absolute Gasteiger partial charge is 0.395 e. The molecule has 4 aliphatic carbocycles. The third-order valence-corrected chi connectivity index (χ3v) is 9.77. The molecule has 25 heavy (non-hydrogen) atoms. The van der Waals surface area contributed by atoms with Gasteiger partial charge in [-0.2, -0.15) is 0 Å². The molecule has 3 heteroatoms. The van der Waals surface area contributed by atoms with Crippen molar-refractivity contribution in [2.24, 2.45) is 34.5 Å². The lowest BCUT2D eigenvalue weighted by molar-refractivity contribution is -0.147. The zero-order valence-electron chi connectivity index (χ0n) is 16.6. The van der Waals surface area contributed by atoms with Gasteiger partial charge >= 0.3 is 0 Å². The summed E-state index contributed by atoms with van der Waals surface area (Å²) in [4.78, 5) is 0. The first-order valence-electron chi connectivity index (χ1n) is 10.9. The highest BCUT2D eigenvalue weighted by Gasteiger charge is 2.63. The zero-order valence-corrected chi connectivity index (χ0v) is 16.6. The van der Waals surface area contributed by atoms with E-state index in [1.165, 1.54) is 51.4 Å². The van der Waals surface area contributed by atoms with Crippen molar-refractivity contribution >= 4 is 0 Å². The number of fused-ring (bicyclic) bond motifs is 5. The number of hydrogen-bond acceptors (Lipinski definition) is 3. The first-order chi connectivity index (χ1) is 11.8. The Morgan fingerprint density at radius 3 is 2.44 bits per heavy atom. The quantitative estimate of drug-likeness (QED) is 0.728. The maximum absolute atomic E-state index is 11.0. The second kappa shape index (κ2) is 6.21. The summed E-state index contributed by atoms with van der Waals surface area (Å²) in [5.41, 5.74) is 0.208. The molecule has 0 aliphatic heterocycles. The van der Waals surface area contributed by atoms with Gasteiger partial charge in [-0.15, -0.1) is 0 Å². The normalized spacial score (nSPS) is 55.3. The predicted molar refractivity (Wildman–Crippen MR) is 101 cm³/mol. The van der Waals surface area contributed by atoms with Gasteiger partial charge in [0.15, 0.2) is 0 Å². The van der Waals surface area contributed by atoms with E-state index in [0.29, 0.717) is 11.5 Å². The van der Waals surface area contributed by atoms with Crippen LogP contribution in [0.1, 0.15) is 78.6 Å². The van der Waals surface area contributed by atoms with E-state index >= 15 is 0 Å². The van der Waals surface area contributed by atoms with Gasteiger partial charge in [0.05, 0.1) is 12.2 Å². The Morgan fingerprint density at radius 1 is 0.920 bits per heavy atom. The summed E-state index contributed by atoms with van der Waals surface area (Å²) in [6.45, 7) is 8.11. The molecule has 4 saturated carbocycles. The van der Waals surface area contributed by atoms with Crippen LogP contribution in [0.2, 0.25) is 0 Å². The highest BCUT2D eigenvalue weighted by Crippen LogP contribution is 2.68. The molecule has 3 N–H and O–H groups in total. The molecule has 3 nitrogen and oxygen atoms in total. The highest BCUT2D eigenvalue weighted by atomic mass is 16.3. The Balaban J connectivity index is 1.52. The molecule has 8 atom stereocenters. The van der Waals surface area contributed by atoms with Crippen LogP contribution in [0, 0.1) is 34.5 Å².